The quantitative estimate of drug-likeness (QED) is 0.440. The second-order valence-electron chi connectivity index (χ2n) is 3.52. The largest absolute Gasteiger partial charge is 0.398 e. The Bertz CT molecular complexity index is 314. The first kappa shape index (κ1) is 14.4. The minimum Gasteiger partial charge on any atom is -0.398 e. The summed E-state index contributed by atoms with van der Waals surface area (Å²) < 4.78 is 11.0. The van der Waals surface area contributed by atoms with Crippen molar-refractivity contribution in [3.05, 3.63) is 24.3 Å². The maximum absolute atomic E-state index is 5.87. The number of para-hydroxylation sites is 1. The summed E-state index contributed by atoms with van der Waals surface area (Å²) >= 11 is 1.74. The van der Waals surface area contributed by atoms with Crippen molar-refractivity contribution in [1.82, 2.24) is 0 Å². The van der Waals surface area contributed by atoms with Gasteiger partial charge in [-0.1, -0.05) is 12.1 Å². The lowest BCUT2D eigenvalue weighted by Gasteiger charge is -2.16. The molecule has 1 aromatic rings. The van der Waals surface area contributed by atoms with Crippen LogP contribution >= 0.6 is 11.8 Å². The normalized spacial score (nSPS) is 11.0. The van der Waals surface area contributed by atoms with Gasteiger partial charge in [0, 0.05) is 36.0 Å². The summed E-state index contributed by atoms with van der Waals surface area (Å²) in [6, 6.07) is 7.91. The number of nitrogens with two attached hydrogens (primary N) is 1. The lowest BCUT2D eigenvalue weighted by atomic mass is 10.3. The molecule has 1 aromatic carbocycles. The van der Waals surface area contributed by atoms with Crippen LogP contribution in [0.2, 0.25) is 0 Å². The standard InChI is InChI=1S/C13H21NO2S/c1-3-15-13(16-4-2)9-10-17-12-8-6-5-7-11(12)14/h5-8,13H,3-4,9-10,14H2,1-2H3. The molecular weight excluding hydrogens is 234 g/mol. The monoisotopic (exact) mass is 255 g/mol. The second-order valence-corrected chi connectivity index (χ2v) is 4.65. The predicted molar refractivity (Wildman–Crippen MR) is 73.2 cm³/mol. The summed E-state index contributed by atoms with van der Waals surface area (Å²) in [6.07, 6.45) is 0.781. The van der Waals surface area contributed by atoms with Gasteiger partial charge >= 0.3 is 0 Å². The van der Waals surface area contributed by atoms with Gasteiger partial charge in [0.15, 0.2) is 6.29 Å². The zero-order chi connectivity index (χ0) is 12.5. The topological polar surface area (TPSA) is 44.5 Å². The van der Waals surface area contributed by atoms with E-state index in [9.17, 15) is 0 Å². The van der Waals surface area contributed by atoms with E-state index in [2.05, 4.69) is 0 Å². The van der Waals surface area contributed by atoms with Crippen molar-refractivity contribution in [3.8, 4) is 0 Å². The number of thioether (sulfide) groups is 1. The average molecular weight is 255 g/mol. The number of hydrogen-bond donors (Lipinski definition) is 1. The van der Waals surface area contributed by atoms with Gasteiger partial charge in [-0.2, -0.15) is 0 Å². The zero-order valence-electron chi connectivity index (χ0n) is 10.5. The SMILES string of the molecule is CCOC(CCSc1ccccc1N)OCC. The zero-order valence-corrected chi connectivity index (χ0v) is 11.3. The van der Waals surface area contributed by atoms with Crippen LogP contribution in [0.4, 0.5) is 5.69 Å². The van der Waals surface area contributed by atoms with Gasteiger partial charge < -0.3 is 15.2 Å². The number of nitrogen functional groups attached to an aromatic ring is 1. The molecule has 0 aromatic heterocycles. The van der Waals surface area contributed by atoms with E-state index in [0.717, 1.165) is 22.8 Å². The molecule has 0 fully saturated rings. The van der Waals surface area contributed by atoms with E-state index in [1.807, 2.05) is 38.1 Å². The summed E-state index contributed by atoms with van der Waals surface area (Å²) in [5, 5.41) is 0. The molecule has 2 N–H and O–H groups in total. The maximum atomic E-state index is 5.87. The van der Waals surface area contributed by atoms with Crippen molar-refractivity contribution in [2.24, 2.45) is 0 Å². The number of ether oxygens (including phenoxy) is 2. The van der Waals surface area contributed by atoms with Crippen LogP contribution in [0.25, 0.3) is 0 Å². The van der Waals surface area contributed by atoms with Crippen LogP contribution in [-0.4, -0.2) is 25.3 Å². The molecule has 0 amide bonds. The van der Waals surface area contributed by atoms with E-state index in [0.29, 0.717) is 13.2 Å². The fourth-order valence-corrected chi connectivity index (χ4v) is 2.40. The Labute approximate surface area is 108 Å². The first-order chi connectivity index (χ1) is 8.27. The molecule has 0 saturated carbocycles. The molecule has 0 aliphatic rings. The van der Waals surface area contributed by atoms with E-state index in [1.165, 1.54) is 0 Å². The smallest absolute Gasteiger partial charge is 0.158 e. The fourth-order valence-electron chi connectivity index (χ4n) is 1.46. The van der Waals surface area contributed by atoms with Crippen molar-refractivity contribution in [1.29, 1.82) is 0 Å². The van der Waals surface area contributed by atoms with Crippen LogP contribution in [0.1, 0.15) is 20.3 Å². The molecule has 4 heteroatoms. The van der Waals surface area contributed by atoms with Crippen LogP contribution in [0.15, 0.2) is 29.2 Å². The molecule has 1 rings (SSSR count). The molecule has 0 radical (unpaired) electrons. The van der Waals surface area contributed by atoms with E-state index in [4.69, 9.17) is 15.2 Å². The Morgan fingerprint density at radius 1 is 1.18 bits per heavy atom. The number of anilines is 1. The molecule has 3 nitrogen and oxygen atoms in total. The van der Waals surface area contributed by atoms with E-state index in [1.54, 1.807) is 11.8 Å². The van der Waals surface area contributed by atoms with E-state index >= 15 is 0 Å². The summed E-state index contributed by atoms with van der Waals surface area (Å²) in [5.74, 6) is 0.943. The molecule has 0 bridgehead atoms. The minimum atomic E-state index is -0.0950. The Kier molecular flexibility index (Phi) is 7.08. The van der Waals surface area contributed by atoms with Gasteiger partial charge in [0.1, 0.15) is 0 Å². The lowest BCUT2D eigenvalue weighted by Crippen LogP contribution is -2.18. The van der Waals surface area contributed by atoms with Crippen LogP contribution in [0.3, 0.4) is 0 Å². The van der Waals surface area contributed by atoms with Gasteiger partial charge in [0.2, 0.25) is 0 Å². The number of hydrogen-bond acceptors (Lipinski definition) is 4. The van der Waals surface area contributed by atoms with Gasteiger partial charge in [0.25, 0.3) is 0 Å². The van der Waals surface area contributed by atoms with Gasteiger partial charge in [-0.3, -0.25) is 0 Å². The molecular formula is C13H21NO2S. The highest BCUT2D eigenvalue weighted by atomic mass is 32.2. The van der Waals surface area contributed by atoms with Crippen molar-refractivity contribution in [2.45, 2.75) is 31.5 Å². The average Bonchev–Trinajstić information content (AvgIpc) is 2.32. The second kappa shape index (κ2) is 8.39. The van der Waals surface area contributed by atoms with Crippen molar-refractivity contribution >= 4 is 17.4 Å². The minimum absolute atomic E-state index is 0.0950. The lowest BCUT2D eigenvalue weighted by molar-refractivity contribution is -0.136. The number of benzene rings is 1. The Balaban J connectivity index is 2.33. The Morgan fingerprint density at radius 3 is 2.41 bits per heavy atom. The van der Waals surface area contributed by atoms with Crippen molar-refractivity contribution in [3.63, 3.8) is 0 Å². The maximum Gasteiger partial charge on any atom is 0.158 e. The van der Waals surface area contributed by atoms with Crippen molar-refractivity contribution < 1.29 is 9.47 Å². The summed E-state index contributed by atoms with van der Waals surface area (Å²) in [4.78, 5) is 1.12. The highest BCUT2D eigenvalue weighted by Gasteiger charge is 2.08. The molecule has 0 aliphatic carbocycles. The first-order valence-electron chi connectivity index (χ1n) is 5.98. The molecule has 0 saturated heterocycles. The third-order valence-electron chi connectivity index (χ3n) is 2.24. The third-order valence-corrected chi connectivity index (χ3v) is 3.36. The molecule has 0 spiro atoms. The summed E-state index contributed by atoms with van der Waals surface area (Å²) in [5.41, 5.74) is 6.71. The van der Waals surface area contributed by atoms with Gasteiger partial charge in [0.05, 0.1) is 0 Å². The van der Waals surface area contributed by atoms with Crippen molar-refractivity contribution in [2.75, 3.05) is 24.7 Å². The molecule has 17 heavy (non-hydrogen) atoms. The van der Waals surface area contributed by atoms with Gasteiger partial charge in [-0.05, 0) is 26.0 Å². The highest BCUT2D eigenvalue weighted by molar-refractivity contribution is 7.99. The number of rotatable bonds is 8. The molecule has 0 atom stereocenters. The molecule has 0 unspecified atom stereocenters. The fraction of sp³-hybridized carbons (Fsp3) is 0.538. The summed E-state index contributed by atoms with van der Waals surface area (Å²) in [6.45, 7) is 5.33. The third kappa shape index (κ3) is 5.44. The summed E-state index contributed by atoms with van der Waals surface area (Å²) in [7, 11) is 0. The molecule has 0 aliphatic heterocycles. The first-order valence-corrected chi connectivity index (χ1v) is 6.97. The Morgan fingerprint density at radius 2 is 1.82 bits per heavy atom. The van der Waals surface area contributed by atoms with Crippen LogP contribution in [-0.2, 0) is 9.47 Å². The van der Waals surface area contributed by atoms with E-state index in [-0.39, 0.29) is 6.29 Å². The van der Waals surface area contributed by atoms with Gasteiger partial charge in [-0.15, -0.1) is 11.8 Å². The Hall–Kier alpha value is -0.710. The molecule has 96 valence electrons. The highest BCUT2D eigenvalue weighted by Crippen LogP contribution is 2.25. The van der Waals surface area contributed by atoms with Gasteiger partial charge in [-0.25, -0.2) is 0 Å². The van der Waals surface area contributed by atoms with Crippen LogP contribution in [0.5, 0.6) is 0 Å². The predicted octanol–water partition coefficient (Wildman–Crippen LogP) is 3.15. The van der Waals surface area contributed by atoms with Crippen LogP contribution < -0.4 is 5.73 Å². The van der Waals surface area contributed by atoms with E-state index < -0.39 is 0 Å². The molecule has 0 heterocycles. The van der Waals surface area contributed by atoms with Crippen LogP contribution in [0, 0.1) is 0 Å².